The van der Waals surface area contributed by atoms with Crippen LogP contribution in [0.5, 0.6) is 11.5 Å². The van der Waals surface area contributed by atoms with Crippen LogP contribution < -0.4 is 15.0 Å². The maximum atomic E-state index is 12.7. The van der Waals surface area contributed by atoms with E-state index in [1.165, 1.54) is 25.7 Å². The van der Waals surface area contributed by atoms with Crippen LogP contribution in [0, 0.1) is 5.41 Å². The van der Waals surface area contributed by atoms with Crippen molar-refractivity contribution in [3.63, 3.8) is 0 Å². The van der Waals surface area contributed by atoms with Gasteiger partial charge in [-0.15, -0.1) is 0 Å². The summed E-state index contributed by atoms with van der Waals surface area (Å²) in [5, 5.41) is 1.44. The van der Waals surface area contributed by atoms with Crippen LogP contribution in [-0.2, 0) is 18.3 Å². The number of nitrogens with zero attached hydrogens (tertiary/aromatic N) is 5. The summed E-state index contributed by atoms with van der Waals surface area (Å²) in [6.07, 6.45) is 12.2. The molecule has 4 heterocycles. The van der Waals surface area contributed by atoms with Gasteiger partial charge in [-0.25, -0.2) is 4.79 Å². The van der Waals surface area contributed by atoms with Crippen LogP contribution in [0.15, 0.2) is 41.6 Å². The van der Waals surface area contributed by atoms with Gasteiger partial charge in [0, 0.05) is 83.1 Å². The Labute approximate surface area is 278 Å². The van der Waals surface area contributed by atoms with Crippen molar-refractivity contribution in [1.82, 2.24) is 24.3 Å². The molecule has 2 aromatic heterocycles. The molecule has 0 N–H and O–H groups in total. The average molecular weight is 646 g/mol. The zero-order chi connectivity index (χ0) is 33.3. The number of methoxy groups -OCH3 is 2. The molecule has 47 heavy (non-hydrogen) atoms. The first-order valence-corrected chi connectivity index (χ1v) is 17.1. The number of aromatic nitrogens is 2. The fourth-order valence-corrected chi connectivity index (χ4v) is 7.92. The highest BCUT2D eigenvalue weighted by Gasteiger charge is 2.41. The molecule has 0 radical (unpaired) electrons. The number of likely N-dealkylation sites (tertiary alicyclic amines) is 1. The van der Waals surface area contributed by atoms with Crippen LogP contribution >= 0.6 is 0 Å². The van der Waals surface area contributed by atoms with E-state index in [4.69, 9.17) is 14.2 Å². The minimum atomic E-state index is -0.448. The van der Waals surface area contributed by atoms with E-state index in [2.05, 4.69) is 26.9 Å². The summed E-state index contributed by atoms with van der Waals surface area (Å²) >= 11 is 0. The molecule has 254 valence electrons. The molecule has 1 aromatic carbocycles. The minimum Gasteiger partial charge on any atom is -0.496 e. The molecule has 1 amide bonds. The molecular formula is C37H51N5O5. The maximum absolute atomic E-state index is 12.7. The van der Waals surface area contributed by atoms with Gasteiger partial charge in [-0.05, 0) is 93.9 Å². The Morgan fingerprint density at radius 1 is 0.936 bits per heavy atom. The number of amides is 1. The van der Waals surface area contributed by atoms with Gasteiger partial charge in [0.25, 0.3) is 5.56 Å². The van der Waals surface area contributed by atoms with Crippen molar-refractivity contribution >= 4 is 16.9 Å². The first-order chi connectivity index (χ1) is 22.5. The molecule has 3 aliphatic rings. The highest BCUT2D eigenvalue weighted by molar-refractivity contribution is 5.95. The van der Waals surface area contributed by atoms with E-state index < -0.39 is 5.60 Å². The van der Waals surface area contributed by atoms with Crippen LogP contribution in [0.4, 0.5) is 4.79 Å². The van der Waals surface area contributed by atoms with Crippen LogP contribution in [0.2, 0.25) is 0 Å². The molecule has 1 aliphatic carbocycles. The number of ether oxygens (including phenoxy) is 3. The number of carbonyl (C=O) groups excluding carboxylic acids is 1. The summed E-state index contributed by atoms with van der Waals surface area (Å²) in [7, 11) is 5.18. The molecule has 0 atom stereocenters. The molecule has 2 aliphatic heterocycles. The van der Waals surface area contributed by atoms with Crippen LogP contribution in [0.1, 0.15) is 64.9 Å². The van der Waals surface area contributed by atoms with Gasteiger partial charge in [0.15, 0.2) is 0 Å². The first kappa shape index (κ1) is 33.3. The molecule has 10 heteroatoms. The van der Waals surface area contributed by atoms with Gasteiger partial charge >= 0.3 is 6.09 Å². The van der Waals surface area contributed by atoms with Crippen LogP contribution in [0.25, 0.3) is 21.9 Å². The lowest BCUT2D eigenvalue weighted by atomic mass is 9.66. The summed E-state index contributed by atoms with van der Waals surface area (Å²) < 4.78 is 19.1. The predicted octanol–water partition coefficient (Wildman–Crippen LogP) is 5.70. The smallest absolute Gasteiger partial charge is 0.410 e. The molecule has 0 bridgehead atoms. The molecule has 10 nitrogen and oxygen atoms in total. The van der Waals surface area contributed by atoms with E-state index in [1.54, 1.807) is 38.2 Å². The van der Waals surface area contributed by atoms with E-state index in [0.717, 1.165) is 92.2 Å². The van der Waals surface area contributed by atoms with Gasteiger partial charge in [-0.2, -0.15) is 0 Å². The van der Waals surface area contributed by atoms with Crippen molar-refractivity contribution in [3.8, 4) is 22.6 Å². The Bertz CT molecular complexity index is 1610. The largest absolute Gasteiger partial charge is 0.496 e. The third-order valence-electron chi connectivity index (χ3n) is 10.7. The molecule has 3 fully saturated rings. The van der Waals surface area contributed by atoms with E-state index in [9.17, 15) is 9.59 Å². The highest BCUT2D eigenvalue weighted by atomic mass is 16.6. The standard InChI is InChI=1S/C37H51N5O5/c1-36(2,3)47-35(44)42-15-12-37(13-16-42)10-7-27(8-11-37)41-19-17-40(18-20-41)25-31-32(45-5)21-26(22-33(31)46-6)30-24-39(4)34(43)29-23-38-14-9-28(29)30/h9,14,21-24,27H,7-8,10-13,15-20,25H2,1-6H3. The second-order valence-electron chi connectivity index (χ2n) is 14.8. The van der Waals surface area contributed by atoms with Crippen molar-refractivity contribution < 1.29 is 19.0 Å². The lowest BCUT2D eigenvalue weighted by Crippen LogP contribution is -2.52. The van der Waals surface area contributed by atoms with Gasteiger partial charge in [0.05, 0.1) is 25.2 Å². The van der Waals surface area contributed by atoms with Gasteiger partial charge in [-0.1, -0.05) is 0 Å². The second-order valence-corrected chi connectivity index (χ2v) is 14.8. The Kier molecular flexibility index (Phi) is 9.54. The van der Waals surface area contributed by atoms with E-state index >= 15 is 0 Å². The monoisotopic (exact) mass is 645 g/mol. The summed E-state index contributed by atoms with van der Waals surface area (Å²) in [6, 6.07) is 6.65. The topological polar surface area (TPSA) is 89.4 Å². The quantitative estimate of drug-likeness (QED) is 0.338. The number of hydrogen-bond acceptors (Lipinski definition) is 8. The van der Waals surface area contributed by atoms with Gasteiger partial charge in [0.2, 0.25) is 0 Å². The number of fused-ring (bicyclic) bond motifs is 1. The van der Waals surface area contributed by atoms with Crippen LogP contribution in [0.3, 0.4) is 0 Å². The Balaban J connectivity index is 1.06. The van der Waals surface area contributed by atoms with Crippen molar-refractivity contribution in [2.45, 2.75) is 77.5 Å². The van der Waals surface area contributed by atoms with Gasteiger partial charge in [-0.3, -0.25) is 19.6 Å². The highest BCUT2D eigenvalue weighted by Crippen LogP contribution is 2.46. The second kappa shape index (κ2) is 13.5. The summed E-state index contributed by atoms with van der Waals surface area (Å²) in [5.41, 5.74) is 2.78. The average Bonchev–Trinajstić information content (AvgIpc) is 3.07. The Morgan fingerprint density at radius 3 is 2.17 bits per heavy atom. The lowest BCUT2D eigenvalue weighted by Gasteiger charge is -2.49. The van der Waals surface area contributed by atoms with E-state index in [0.29, 0.717) is 16.8 Å². The number of piperazine rings is 1. The minimum absolute atomic E-state index is 0.0695. The molecule has 1 saturated carbocycles. The Hall–Kier alpha value is -3.63. The maximum Gasteiger partial charge on any atom is 0.410 e. The van der Waals surface area contributed by atoms with Crippen molar-refractivity contribution in [2.24, 2.45) is 12.5 Å². The molecule has 3 aromatic rings. The molecule has 2 saturated heterocycles. The third kappa shape index (κ3) is 7.14. The van der Waals surface area contributed by atoms with Crippen molar-refractivity contribution in [3.05, 3.63) is 52.7 Å². The SMILES string of the molecule is COc1cc(-c2cn(C)c(=O)c3cnccc23)cc(OC)c1CN1CCN(C2CCC3(CC2)CCN(C(=O)OC(C)(C)C)CC3)CC1. The number of hydrogen-bond donors (Lipinski definition) is 0. The Morgan fingerprint density at radius 2 is 1.57 bits per heavy atom. The summed E-state index contributed by atoms with van der Waals surface area (Å²) in [6.45, 7) is 12.3. The zero-order valence-electron chi connectivity index (χ0n) is 29.0. The fourth-order valence-electron chi connectivity index (χ4n) is 7.92. The lowest BCUT2D eigenvalue weighted by molar-refractivity contribution is -0.00661. The zero-order valence-corrected chi connectivity index (χ0v) is 29.0. The number of benzene rings is 1. The molecule has 6 rings (SSSR count). The van der Waals surface area contributed by atoms with Gasteiger partial charge in [0.1, 0.15) is 17.1 Å². The first-order valence-electron chi connectivity index (χ1n) is 17.1. The number of aryl methyl sites for hydroxylation is 1. The number of rotatable bonds is 6. The molecular weight excluding hydrogens is 594 g/mol. The molecule has 0 unspecified atom stereocenters. The number of piperidine rings is 1. The summed E-state index contributed by atoms with van der Waals surface area (Å²) in [5.74, 6) is 1.57. The third-order valence-corrected chi connectivity index (χ3v) is 10.7. The number of carbonyl (C=O) groups is 1. The van der Waals surface area contributed by atoms with E-state index in [1.807, 2.05) is 37.9 Å². The van der Waals surface area contributed by atoms with Crippen molar-refractivity contribution in [2.75, 3.05) is 53.5 Å². The fraction of sp³-hybridized carbons (Fsp3) is 0.595. The number of pyridine rings is 2. The van der Waals surface area contributed by atoms with Gasteiger partial charge < -0.3 is 23.7 Å². The van der Waals surface area contributed by atoms with Crippen molar-refractivity contribution in [1.29, 1.82) is 0 Å². The van der Waals surface area contributed by atoms with E-state index in [-0.39, 0.29) is 11.7 Å². The van der Waals surface area contributed by atoms with Crippen LogP contribution in [-0.4, -0.2) is 95.5 Å². The normalized spacial score (nSPS) is 19.7. The summed E-state index contributed by atoms with van der Waals surface area (Å²) in [4.78, 5) is 36.6. The molecule has 1 spiro atoms. The predicted molar refractivity (Wildman–Crippen MR) is 184 cm³/mol.